The standard InChI is InChI=1S/C31H56O4SSi/c1-22(11-10-20-34-36(7,32)33)26-14-15-27-25-13-12-23-21-24(35-37(8,9)29(2,3)4)16-18-30(23,5)28(25)17-19-31(26,27)6/h12,22,24-28H,10-11,13-21H2,1-9H3. The Morgan fingerprint density at radius 2 is 1.78 bits per heavy atom. The molecule has 0 saturated heterocycles. The van der Waals surface area contributed by atoms with Crippen LogP contribution in [0.2, 0.25) is 18.1 Å². The fraction of sp³-hybridized carbons (Fsp3) is 0.935. The molecule has 8 atom stereocenters. The topological polar surface area (TPSA) is 52.6 Å². The minimum Gasteiger partial charge on any atom is -0.414 e. The van der Waals surface area contributed by atoms with E-state index in [0.717, 1.165) is 49.2 Å². The molecule has 0 spiro atoms. The summed E-state index contributed by atoms with van der Waals surface area (Å²) in [5.74, 6) is 3.88. The summed E-state index contributed by atoms with van der Waals surface area (Å²) < 4.78 is 34.6. The van der Waals surface area contributed by atoms with Crippen LogP contribution < -0.4 is 0 Å². The zero-order chi connectivity index (χ0) is 27.4. The van der Waals surface area contributed by atoms with Gasteiger partial charge in [-0.3, -0.25) is 4.18 Å². The van der Waals surface area contributed by atoms with Crippen LogP contribution in [0.15, 0.2) is 11.6 Å². The van der Waals surface area contributed by atoms with Crippen molar-refractivity contribution in [3.8, 4) is 0 Å². The Bertz CT molecular complexity index is 966. The zero-order valence-corrected chi connectivity index (χ0v) is 27.2. The van der Waals surface area contributed by atoms with Crippen LogP contribution in [-0.2, 0) is 18.7 Å². The van der Waals surface area contributed by atoms with Gasteiger partial charge >= 0.3 is 0 Å². The molecule has 0 aromatic carbocycles. The van der Waals surface area contributed by atoms with E-state index >= 15 is 0 Å². The molecule has 0 bridgehead atoms. The van der Waals surface area contributed by atoms with E-state index < -0.39 is 18.4 Å². The van der Waals surface area contributed by atoms with Gasteiger partial charge in [0.25, 0.3) is 10.1 Å². The number of rotatable bonds is 8. The molecule has 8 unspecified atom stereocenters. The van der Waals surface area contributed by atoms with Gasteiger partial charge in [0.05, 0.1) is 12.9 Å². The lowest BCUT2D eigenvalue weighted by atomic mass is 9.47. The fourth-order valence-corrected chi connectivity index (χ4v) is 10.9. The summed E-state index contributed by atoms with van der Waals surface area (Å²) in [6, 6.07) is 0. The van der Waals surface area contributed by atoms with Crippen molar-refractivity contribution in [3.05, 3.63) is 11.6 Å². The summed E-state index contributed by atoms with van der Waals surface area (Å²) in [4.78, 5) is 0. The summed E-state index contributed by atoms with van der Waals surface area (Å²) >= 11 is 0. The van der Waals surface area contributed by atoms with Gasteiger partial charge in [-0.05, 0) is 123 Å². The summed E-state index contributed by atoms with van der Waals surface area (Å²) in [5, 5.41) is 0.268. The van der Waals surface area contributed by atoms with Crippen LogP contribution in [0.1, 0.15) is 106 Å². The highest BCUT2D eigenvalue weighted by Gasteiger charge is 2.59. The van der Waals surface area contributed by atoms with Crippen molar-refractivity contribution in [1.82, 2.24) is 0 Å². The van der Waals surface area contributed by atoms with E-state index in [9.17, 15) is 8.42 Å². The van der Waals surface area contributed by atoms with Crippen LogP contribution in [0.5, 0.6) is 0 Å². The monoisotopic (exact) mass is 552 g/mol. The van der Waals surface area contributed by atoms with Crippen LogP contribution in [0.25, 0.3) is 0 Å². The molecule has 37 heavy (non-hydrogen) atoms. The van der Waals surface area contributed by atoms with E-state index in [-0.39, 0.29) is 5.04 Å². The third kappa shape index (κ3) is 5.83. The summed E-state index contributed by atoms with van der Waals surface area (Å²) in [5.41, 5.74) is 2.52. The van der Waals surface area contributed by atoms with E-state index in [1.54, 1.807) is 5.57 Å². The van der Waals surface area contributed by atoms with E-state index in [2.05, 4.69) is 60.7 Å². The molecule has 0 amide bonds. The number of hydrogen-bond acceptors (Lipinski definition) is 4. The molecule has 214 valence electrons. The Balaban J connectivity index is 1.42. The van der Waals surface area contributed by atoms with Crippen molar-refractivity contribution in [2.45, 2.75) is 130 Å². The maximum absolute atomic E-state index is 11.3. The quantitative estimate of drug-likeness (QED) is 0.131. The van der Waals surface area contributed by atoms with Gasteiger partial charge in [0, 0.05) is 6.10 Å². The van der Waals surface area contributed by atoms with Crippen LogP contribution in [0, 0.1) is 40.4 Å². The van der Waals surface area contributed by atoms with Crippen LogP contribution in [-0.4, -0.2) is 35.7 Å². The van der Waals surface area contributed by atoms with Gasteiger partial charge in [-0.25, -0.2) is 0 Å². The third-order valence-electron chi connectivity index (χ3n) is 12.2. The van der Waals surface area contributed by atoms with Gasteiger partial charge in [-0.15, -0.1) is 0 Å². The predicted molar refractivity (Wildman–Crippen MR) is 156 cm³/mol. The SMILES string of the molecule is CC(CCCOS(C)(=O)=O)C1CCC2C3CC=C4CC(O[Si](C)(C)C(C)(C)C)CCC4(C)C3CCC12C. The predicted octanol–water partition coefficient (Wildman–Crippen LogP) is 8.35. The van der Waals surface area contributed by atoms with Crippen LogP contribution in [0.3, 0.4) is 0 Å². The second-order valence-corrected chi connectivity index (χ2v) is 21.8. The van der Waals surface area contributed by atoms with Gasteiger partial charge in [-0.1, -0.05) is 53.2 Å². The molecule has 4 nitrogen and oxygen atoms in total. The fourth-order valence-electron chi connectivity index (χ4n) is 9.11. The van der Waals surface area contributed by atoms with E-state index in [4.69, 9.17) is 8.61 Å². The Morgan fingerprint density at radius 1 is 1.08 bits per heavy atom. The van der Waals surface area contributed by atoms with E-state index in [1.165, 1.54) is 44.9 Å². The number of hydrogen-bond donors (Lipinski definition) is 0. The molecule has 0 heterocycles. The molecule has 6 heteroatoms. The molecule has 0 aromatic rings. The van der Waals surface area contributed by atoms with Gasteiger partial charge < -0.3 is 4.43 Å². The minimum atomic E-state index is -3.33. The van der Waals surface area contributed by atoms with Crippen LogP contribution >= 0.6 is 0 Å². The van der Waals surface area contributed by atoms with Crippen molar-refractivity contribution < 1.29 is 17.0 Å². The van der Waals surface area contributed by atoms with Gasteiger partial charge in [0.15, 0.2) is 8.32 Å². The largest absolute Gasteiger partial charge is 0.414 e. The summed E-state index contributed by atoms with van der Waals surface area (Å²) in [6.07, 6.45) is 16.5. The maximum atomic E-state index is 11.3. The lowest BCUT2D eigenvalue weighted by Gasteiger charge is -2.59. The molecule has 0 aromatic heterocycles. The smallest absolute Gasteiger partial charge is 0.264 e. The molecule has 0 aliphatic heterocycles. The van der Waals surface area contributed by atoms with Gasteiger partial charge in [0.2, 0.25) is 0 Å². The highest BCUT2D eigenvalue weighted by molar-refractivity contribution is 7.85. The van der Waals surface area contributed by atoms with Crippen molar-refractivity contribution in [1.29, 1.82) is 0 Å². The van der Waals surface area contributed by atoms with Crippen molar-refractivity contribution in [2.24, 2.45) is 40.4 Å². The molecular formula is C31H56O4SSi. The molecule has 0 radical (unpaired) electrons. The molecule has 3 fully saturated rings. The lowest BCUT2D eigenvalue weighted by Crippen LogP contribution is -2.52. The summed E-state index contributed by atoms with van der Waals surface area (Å²) in [7, 11) is -5.07. The molecule has 0 N–H and O–H groups in total. The van der Waals surface area contributed by atoms with Crippen LogP contribution in [0.4, 0.5) is 0 Å². The maximum Gasteiger partial charge on any atom is 0.264 e. The molecule has 4 rings (SSSR count). The zero-order valence-electron chi connectivity index (χ0n) is 25.4. The first kappa shape index (κ1) is 29.8. The first-order valence-electron chi connectivity index (χ1n) is 15.2. The first-order chi connectivity index (χ1) is 17.0. The van der Waals surface area contributed by atoms with Crippen molar-refractivity contribution >= 4 is 18.4 Å². The summed E-state index contributed by atoms with van der Waals surface area (Å²) in [6.45, 7) is 19.8. The minimum absolute atomic E-state index is 0.268. The van der Waals surface area contributed by atoms with Crippen molar-refractivity contribution in [2.75, 3.05) is 12.9 Å². The highest BCUT2D eigenvalue weighted by atomic mass is 32.2. The normalized spacial score (nSPS) is 39.4. The van der Waals surface area contributed by atoms with E-state index in [0.29, 0.717) is 29.5 Å². The molecule has 4 aliphatic rings. The molecular weight excluding hydrogens is 496 g/mol. The lowest BCUT2D eigenvalue weighted by molar-refractivity contribution is -0.0566. The Hall–Kier alpha value is -0.173. The van der Waals surface area contributed by atoms with Gasteiger partial charge in [-0.2, -0.15) is 8.42 Å². The van der Waals surface area contributed by atoms with Gasteiger partial charge in [0.1, 0.15) is 0 Å². The first-order valence-corrected chi connectivity index (χ1v) is 19.9. The second-order valence-electron chi connectivity index (χ2n) is 15.4. The van der Waals surface area contributed by atoms with Crippen molar-refractivity contribution in [3.63, 3.8) is 0 Å². The molecule has 4 aliphatic carbocycles. The Labute approximate surface area is 230 Å². The second kappa shape index (κ2) is 10.3. The highest BCUT2D eigenvalue weighted by Crippen LogP contribution is 2.67. The Kier molecular flexibility index (Phi) is 8.33. The average molecular weight is 553 g/mol. The third-order valence-corrected chi connectivity index (χ3v) is 17.3. The molecule has 3 saturated carbocycles. The number of fused-ring (bicyclic) bond motifs is 5. The average Bonchev–Trinajstić information content (AvgIpc) is 3.12. The van der Waals surface area contributed by atoms with E-state index in [1.807, 2.05) is 0 Å². The number of allylic oxidation sites excluding steroid dienone is 1. The Morgan fingerprint density at radius 3 is 2.43 bits per heavy atom.